The first-order valence-corrected chi connectivity index (χ1v) is 6.86. The highest BCUT2D eigenvalue weighted by Crippen LogP contribution is 2.23. The molecule has 0 atom stereocenters. The largest absolute Gasteiger partial charge is 0.506 e. The standard InChI is InChI=1S/C11H13N3O4S/c1-7-5-13-11(18-7)6-14-19(16,17)8-2-3-10(15)9(12)4-8/h2-5,14-15H,6,12H2,1H3. The highest BCUT2D eigenvalue weighted by Gasteiger charge is 2.16. The second-order valence-corrected chi connectivity index (χ2v) is 5.68. The second kappa shape index (κ2) is 4.90. The van der Waals surface area contributed by atoms with E-state index >= 15 is 0 Å². The maximum Gasteiger partial charge on any atom is 0.241 e. The third-order valence-electron chi connectivity index (χ3n) is 2.39. The van der Waals surface area contributed by atoms with Crippen molar-refractivity contribution in [2.75, 3.05) is 5.73 Å². The zero-order valence-corrected chi connectivity index (χ0v) is 10.9. The summed E-state index contributed by atoms with van der Waals surface area (Å²) < 4.78 is 31.4. The summed E-state index contributed by atoms with van der Waals surface area (Å²) >= 11 is 0. The van der Waals surface area contributed by atoms with Gasteiger partial charge in [-0.1, -0.05) is 0 Å². The van der Waals surface area contributed by atoms with E-state index in [0.717, 1.165) is 0 Å². The first kappa shape index (κ1) is 13.4. The second-order valence-electron chi connectivity index (χ2n) is 3.91. The third-order valence-corrected chi connectivity index (χ3v) is 3.79. The molecule has 102 valence electrons. The van der Waals surface area contributed by atoms with Crippen molar-refractivity contribution >= 4 is 15.7 Å². The number of nitrogens with two attached hydrogens (primary N) is 1. The van der Waals surface area contributed by atoms with Crippen LogP contribution in [0.2, 0.25) is 0 Å². The summed E-state index contributed by atoms with van der Waals surface area (Å²) in [5.74, 6) is 0.707. The molecule has 1 aromatic carbocycles. The van der Waals surface area contributed by atoms with Crippen molar-refractivity contribution in [3.63, 3.8) is 0 Å². The lowest BCUT2D eigenvalue weighted by atomic mass is 10.3. The lowest BCUT2D eigenvalue weighted by Crippen LogP contribution is -2.23. The third kappa shape index (κ3) is 3.04. The molecule has 1 aromatic heterocycles. The van der Waals surface area contributed by atoms with Crippen molar-refractivity contribution in [2.45, 2.75) is 18.4 Å². The Labute approximate surface area is 110 Å². The van der Waals surface area contributed by atoms with Gasteiger partial charge in [0.25, 0.3) is 0 Å². The number of nitrogen functional groups attached to an aromatic ring is 1. The Hall–Kier alpha value is -2.06. The number of aryl methyl sites for hydroxylation is 1. The van der Waals surface area contributed by atoms with E-state index in [2.05, 4.69) is 9.71 Å². The summed E-state index contributed by atoms with van der Waals surface area (Å²) in [6, 6.07) is 3.66. The van der Waals surface area contributed by atoms with Gasteiger partial charge in [0.2, 0.25) is 15.9 Å². The number of phenolic OH excluding ortho intramolecular Hbond substituents is 1. The Bertz CT molecular complexity index is 694. The van der Waals surface area contributed by atoms with Crippen LogP contribution in [0.25, 0.3) is 0 Å². The molecule has 2 rings (SSSR count). The van der Waals surface area contributed by atoms with Crippen molar-refractivity contribution in [3.8, 4) is 5.75 Å². The topological polar surface area (TPSA) is 118 Å². The molecule has 0 fully saturated rings. The summed E-state index contributed by atoms with van der Waals surface area (Å²) in [5, 5.41) is 9.25. The van der Waals surface area contributed by atoms with Gasteiger partial charge in [-0.3, -0.25) is 0 Å². The van der Waals surface area contributed by atoms with Crippen LogP contribution in [0.1, 0.15) is 11.7 Å². The lowest BCUT2D eigenvalue weighted by molar-refractivity contribution is 0.463. The average Bonchev–Trinajstić information content (AvgIpc) is 2.76. The van der Waals surface area contributed by atoms with E-state index in [1.54, 1.807) is 6.92 Å². The maximum atomic E-state index is 12.0. The van der Waals surface area contributed by atoms with Crippen LogP contribution in [-0.2, 0) is 16.6 Å². The molecule has 0 spiro atoms. The molecule has 0 saturated carbocycles. The molecule has 0 saturated heterocycles. The van der Waals surface area contributed by atoms with E-state index in [-0.39, 0.29) is 28.8 Å². The smallest absolute Gasteiger partial charge is 0.241 e. The van der Waals surface area contributed by atoms with E-state index in [0.29, 0.717) is 5.76 Å². The Kier molecular flexibility index (Phi) is 3.45. The molecule has 19 heavy (non-hydrogen) atoms. The monoisotopic (exact) mass is 283 g/mol. The van der Waals surface area contributed by atoms with E-state index in [9.17, 15) is 13.5 Å². The van der Waals surface area contributed by atoms with Gasteiger partial charge in [0.15, 0.2) is 0 Å². The molecule has 0 aliphatic carbocycles. The summed E-state index contributed by atoms with van der Waals surface area (Å²) in [4.78, 5) is 3.85. The van der Waals surface area contributed by atoms with Gasteiger partial charge in [0, 0.05) is 0 Å². The molecule has 0 bridgehead atoms. The van der Waals surface area contributed by atoms with Gasteiger partial charge in [-0.2, -0.15) is 0 Å². The highest BCUT2D eigenvalue weighted by molar-refractivity contribution is 7.89. The van der Waals surface area contributed by atoms with Crippen LogP contribution in [-0.4, -0.2) is 18.5 Å². The minimum Gasteiger partial charge on any atom is -0.506 e. The van der Waals surface area contributed by atoms with Crippen LogP contribution in [0.3, 0.4) is 0 Å². The van der Waals surface area contributed by atoms with Crippen LogP contribution in [0, 0.1) is 6.92 Å². The normalized spacial score (nSPS) is 11.6. The van der Waals surface area contributed by atoms with Crippen LogP contribution >= 0.6 is 0 Å². The maximum absolute atomic E-state index is 12.0. The Morgan fingerprint density at radius 2 is 2.21 bits per heavy atom. The number of rotatable bonds is 4. The number of sulfonamides is 1. The predicted molar refractivity (Wildman–Crippen MR) is 67.8 cm³/mol. The Balaban J connectivity index is 2.16. The minimum atomic E-state index is -3.73. The molecule has 0 radical (unpaired) electrons. The zero-order chi connectivity index (χ0) is 14.0. The van der Waals surface area contributed by atoms with Crippen molar-refractivity contribution in [3.05, 3.63) is 36.0 Å². The first-order valence-electron chi connectivity index (χ1n) is 5.38. The number of anilines is 1. The van der Waals surface area contributed by atoms with Gasteiger partial charge in [0.05, 0.1) is 23.3 Å². The fourth-order valence-electron chi connectivity index (χ4n) is 1.42. The first-order chi connectivity index (χ1) is 8.88. The van der Waals surface area contributed by atoms with Gasteiger partial charge in [-0.15, -0.1) is 0 Å². The number of hydrogen-bond acceptors (Lipinski definition) is 6. The van der Waals surface area contributed by atoms with E-state index in [4.69, 9.17) is 10.2 Å². The molecular formula is C11H13N3O4S. The Morgan fingerprint density at radius 3 is 2.79 bits per heavy atom. The average molecular weight is 283 g/mol. The number of aromatic nitrogens is 1. The molecule has 0 aliphatic heterocycles. The number of nitrogens with one attached hydrogen (secondary N) is 1. The van der Waals surface area contributed by atoms with E-state index in [1.807, 2.05) is 0 Å². The zero-order valence-electron chi connectivity index (χ0n) is 10.1. The summed E-state index contributed by atoms with van der Waals surface area (Å²) in [5.41, 5.74) is 5.45. The van der Waals surface area contributed by atoms with Crippen LogP contribution < -0.4 is 10.5 Å². The van der Waals surface area contributed by atoms with Crippen molar-refractivity contribution in [2.24, 2.45) is 0 Å². The van der Waals surface area contributed by atoms with Crippen molar-refractivity contribution < 1.29 is 17.9 Å². The van der Waals surface area contributed by atoms with Crippen LogP contribution in [0.15, 0.2) is 33.7 Å². The van der Waals surface area contributed by atoms with Crippen LogP contribution in [0.4, 0.5) is 5.69 Å². The molecular weight excluding hydrogens is 270 g/mol. The van der Waals surface area contributed by atoms with E-state index in [1.165, 1.54) is 24.4 Å². The molecule has 0 unspecified atom stereocenters. The van der Waals surface area contributed by atoms with Gasteiger partial charge in [-0.05, 0) is 25.1 Å². The van der Waals surface area contributed by atoms with Gasteiger partial charge in [-0.25, -0.2) is 18.1 Å². The SMILES string of the molecule is Cc1cnc(CNS(=O)(=O)c2ccc(O)c(N)c2)o1. The van der Waals surface area contributed by atoms with Crippen molar-refractivity contribution in [1.29, 1.82) is 0 Å². The number of oxazole rings is 1. The molecule has 4 N–H and O–H groups in total. The number of hydrogen-bond donors (Lipinski definition) is 3. The summed E-state index contributed by atoms with van der Waals surface area (Å²) in [6.07, 6.45) is 1.50. The minimum absolute atomic E-state index is 0.00477. The number of nitrogens with zero attached hydrogens (tertiary/aromatic N) is 1. The molecule has 0 aliphatic rings. The molecule has 7 nitrogen and oxygen atoms in total. The molecule has 8 heteroatoms. The quantitative estimate of drug-likeness (QED) is 0.563. The lowest BCUT2D eigenvalue weighted by Gasteiger charge is -2.06. The van der Waals surface area contributed by atoms with Gasteiger partial charge < -0.3 is 15.3 Å². The molecule has 1 heterocycles. The summed E-state index contributed by atoms with van der Waals surface area (Å²) in [6.45, 7) is 1.66. The van der Waals surface area contributed by atoms with Gasteiger partial charge >= 0.3 is 0 Å². The fourth-order valence-corrected chi connectivity index (χ4v) is 2.43. The van der Waals surface area contributed by atoms with Crippen molar-refractivity contribution in [1.82, 2.24) is 9.71 Å². The fraction of sp³-hybridized carbons (Fsp3) is 0.182. The van der Waals surface area contributed by atoms with Gasteiger partial charge in [0.1, 0.15) is 11.5 Å². The number of phenols is 1. The molecule has 2 aromatic rings. The summed E-state index contributed by atoms with van der Waals surface area (Å²) in [7, 11) is -3.73. The Morgan fingerprint density at radius 1 is 1.47 bits per heavy atom. The molecule has 0 amide bonds. The highest BCUT2D eigenvalue weighted by atomic mass is 32.2. The number of benzene rings is 1. The van der Waals surface area contributed by atoms with E-state index < -0.39 is 10.0 Å². The number of aromatic hydroxyl groups is 1. The predicted octanol–water partition coefficient (Wildman–Crippen LogP) is 0.749. The van der Waals surface area contributed by atoms with Crippen LogP contribution in [0.5, 0.6) is 5.75 Å².